The summed E-state index contributed by atoms with van der Waals surface area (Å²) in [5.41, 5.74) is 2.69. The Morgan fingerprint density at radius 1 is 0.931 bits per heavy atom. The number of halogens is 2. The topological polar surface area (TPSA) is 176 Å². The highest BCUT2D eigenvalue weighted by molar-refractivity contribution is 6.00. The summed E-state index contributed by atoms with van der Waals surface area (Å²) in [4.78, 5) is 62.6. The van der Waals surface area contributed by atoms with Gasteiger partial charge in [-0.25, -0.2) is 23.1 Å². The Labute approximate surface area is 411 Å². The molecule has 1 spiro atoms. The number of ether oxygens (including phenoxy) is 1. The van der Waals surface area contributed by atoms with Gasteiger partial charge in [-0.05, 0) is 138 Å². The average Bonchev–Trinajstić information content (AvgIpc) is 4.00. The van der Waals surface area contributed by atoms with Gasteiger partial charge in [0, 0.05) is 67.6 Å². The predicted octanol–water partition coefficient (Wildman–Crippen LogP) is 7.39. The number of benzene rings is 3. The maximum absolute atomic E-state index is 16.4. The summed E-state index contributed by atoms with van der Waals surface area (Å²) in [6.45, 7) is 13.1. The van der Waals surface area contributed by atoms with Crippen molar-refractivity contribution in [3.8, 4) is 17.2 Å². The summed E-state index contributed by atoms with van der Waals surface area (Å²) in [7, 11) is 1.71. The van der Waals surface area contributed by atoms with Crippen LogP contribution in [0.2, 0.25) is 0 Å². The molecule has 4 atom stereocenters. The molecule has 19 heteroatoms. The van der Waals surface area contributed by atoms with Gasteiger partial charge >= 0.3 is 11.4 Å². The van der Waals surface area contributed by atoms with Gasteiger partial charge < -0.3 is 19.1 Å². The number of rotatable bonds is 8. The van der Waals surface area contributed by atoms with Crippen LogP contribution in [0.25, 0.3) is 39.0 Å². The zero-order chi connectivity index (χ0) is 50.3. The van der Waals surface area contributed by atoms with E-state index in [1.807, 2.05) is 22.5 Å². The van der Waals surface area contributed by atoms with Gasteiger partial charge in [0.15, 0.2) is 11.6 Å². The number of fused-ring (bicyclic) bond motifs is 4. The number of aryl methyl sites for hydroxylation is 3. The maximum Gasteiger partial charge on any atom is 0.438 e. The van der Waals surface area contributed by atoms with E-state index in [9.17, 15) is 9.59 Å². The summed E-state index contributed by atoms with van der Waals surface area (Å²) in [5, 5.41) is 14.9. The average molecular weight is 980 g/mol. The van der Waals surface area contributed by atoms with Gasteiger partial charge in [-0.15, -0.1) is 0 Å². The van der Waals surface area contributed by atoms with Crippen molar-refractivity contribution >= 4 is 34.1 Å². The number of nitrogens with one attached hydrogen (secondary N) is 1. The number of hydrogen-bond acceptors (Lipinski definition) is 9. The number of likely N-dealkylation sites (tertiary alicyclic amines) is 1. The molecular formula is C53H55F2N11O6. The molecule has 8 heterocycles. The molecule has 17 nitrogen and oxygen atoms in total. The first kappa shape index (κ1) is 45.7. The van der Waals surface area contributed by atoms with Crippen LogP contribution in [0.3, 0.4) is 0 Å². The van der Waals surface area contributed by atoms with E-state index in [-0.39, 0.29) is 46.8 Å². The molecule has 3 aliphatic heterocycles. The van der Waals surface area contributed by atoms with Crippen LogP contribution in [0.15, 0.2) is 81.2 Å². The molecule has 5 aromatic heterocycles. The Morgan fingerprint density at radius 2 is 1.65 bits per heavy atom. The number of H-pyrrole nitrogens is 1. The molecule has 0 radical (unpaired) electrons. The van der Waals surface area contributed by atoms with Crippen LogP contribution >= 0.6 is 0 Å². The monoisotopic (exact) mass is 979 g/mol. The minimum atomic E-state index is -0.920. The highest BCUT2D eigenvalue weighted by atomic mass is 19.1. The SMILES string of the molecule is Cc1cc(-n2nc3c(c2-n2ccn(-c4ccc5c(cnn5C)c4F)c2=O)[C@H](C)N(C(=O)c2cc4cc([C@H]5CCOC(C)(C)C5)ccc4n2[C@@]2(c4noc(=O)[nH]4)C[C@@H]2C)CC32CCN(C=O)CC2)cc(C)c1F. The Kier molecular flexibility index (Phi) is 10.2. The van der Waals surface area contributed by atoms with Crippen LogP contribution in [0.1, 0.15) is 116 Å². The van der Waals surface area contributed by atoms with Crippen LogP contribution in [0, 0.1) is 31.4 Å². The summed E-state index contributed by atoms with van der Waals surface area (Å²) in [6, 6.07) is 14.1. The molecule has 8 aromatic rings. The smallest absolute Gasteiger partial charge is 0.376 e. The Balaban J connectivity index is 1.07. The molecule has 1 N–H and O–H groups in total. The molecule has 0 bridgehead atoms. The normalized spacial score (nSPS) is 22.5. The largest absolute Gasteiger partial charge is 0.438 e. The molecule has 1 saturated carbocycles. The van der Waals surface area contributed by atoms with Gasteiger partial charge in [-0.1, -0.05) is 18.1 Å². The van der Waals surface area contributed by atoms with Crippen molar-refractivity contribution in [2.75, 3.05) is 26.2 Å². The molecule has 1 aliphatic carbocycles. The lowest BCUT2D eigenvalue weighted by atomic mass is 9.70. The van der Waals surface area contributed by atoms with Crippen molar-refractivity contribution in [1.82, 2.24) is 53.2 Å². The van der Waals surface area contributed by atoms with E-state index in [0.717, 1.165) is 35.7 Å². The third kappa shape index (κ3) is 6.75. The van der Waals surface area contributed by atoms with Crippen LogP contribution < -0.4 is 11.4 Å². The number of carbonyl (C=O) groups is 2. The van der Waals surface area contributed by atoms with E-state index in [1.54, 1.807) is 59.6 Å². The Morgan fingerprint density at radius 3 is 2.33 bits per heavy atom. The lowest BCUT2D eigenvalue weighted by Gasteiger charge is -2.48. The van der Waals surface area contributed by atoms with Gasteiger partial charge in [-0.2, -0.15) is 10.2 Å². The molecule has 2 amide bonds. The number of amides is 2. The molecule has 4 aliphatic rings. The van der Waals surface area contributed by atoms with Crippen LogP contribution in [0.4, 0.5) is 8.78 Å². The van der Waals surface area contributed by atoms with E-state index in [0.29, 0.717) is 89.9 Å². The lowest BCUT2D eigenvalue weighted by Crippen LogP contribution is -2.54. The van der Waals surface area contributed by atoms with Crippen LogP contribution in [0.5, 0.6) is 0 Å². The summed E-state index contributed by atoms with van der Waals surface area (Å²) in [5.74, 6) is -1.18. The first-order valence-electron chi connectivity index (χ1n) is 24.6. The van der Waals surface area contributed by atoms with Gasteiger partial charge in [0.2, 0.25) is 6.41 Å². The predicted molar refractivity (Wildman–Crippen MR) is 262 cm³/mol. The molecular weight excluding hydrogens is 925 g/mol. The summed E-state index contributed by atoms with van der Waals surface area (Å²) >= 11 is 0. The summed E-state index contributed by atoms with van der Waals surface area (Å²) < 4.78 is 50.9. The van der Waals surface area contributed by atoms with Crippen molar-refractivity contribution in [3.63, 3.8) is 0 Å². The van der Waals surface area contributed by atoms with Crippen LogP contribution in [-0.4, -0.2) is 97.4 Å². The second kappa shape index (κ2) is 16.0. The molecule has 3 aromatic carbocycles. The van der Waals surface area contributed by atoms with E-state index in [4.69, 9.17) is 14.4 Å². The van der Waals surface area contributed by atoms with Crippen molar-refractivity contribution in [2.24, 2.45) is 13.0 Å². The molecule has 3 fully saturated rings. The Bertz CT molecular complexity index is 3650. The number of hydrogen-bond donors (Lipinski definition) is 1. The third-order valence-corrected chi connectivity index (χ3v) is 16.4. The number of nitrogens with zero attached hydrogens (tertiary/aromatic N) is 10. The Hall–Kier alpha value is -7.41. The summed E-state index contributed by atoms with van der Waals surface area (Å²) in [6.07, 6.45) is 8.45. The second-order valence-electron chi connectivity index (χ2n) is 21.3. The van der Waals surface area contributed by atoms with E-state index >= 15 is 18.4 Å². The van der Waals surface area contributed by atoms with Crippen LogP contribution in [-0.2, 0) is 27.5 Å². The highest BCUT2D eigenvalue weighted by Crippen LogP contribution is 2.57. The number of carbonyl (C=O) groups excluding carboxylic acids is 2. The third-order valence-electron chi connectivity index (χ3n) is 16.4. The van der Waals surface area contributed by atoms with E-state index in [2.05, 4.69) is 54.2 Å². The molecule has 0 unspecified atom stereocenters. The number of aromatic amines is 1. The first-order valence-corrected chi connectivity index (χ1v) is 24.6. The van der Waals surface area contributed by atoms with E-state index in [1.165, 1.54) is 27.6 Å². The van der Waals surface area contributed by atoms with Gasteiger partial charge in [0.25, 0.3) is 5.91 Å². The molecule has 72 heavy (non-hydrogen) atoms. The van der Waals surface area contributed by atoms with Gasteiger partial charge in [0.05, 0.1) is 45.8 Å². The van der Waals surface area contributed by atoms with Crippen molar-refractivity contribution in [1.29, 1.82) is 0 Å². The molecule has 372 valence electrons. The fourth-order valence-electron chi connectivity index (χ4n) is 12.4. The second-order valence-corrected chi connectivity index (χ2v) is 21.3. The van der Waals surface area contributed by atoms with Crippen molar-refractivity contribution in [3.05, 3.63) is 139 Å². The standard InChI is InChI=1S/C53H55F2N11O6/c1-29-20-36(21-30(2)43(29)54)66-46(63-18-17-62(50(63)70)40-11-10-39-37(44(40)55)26-56-60(39)7)42-32(4)64(27-52(45(42)58-66)13-15-61(28-67)16-14-52)47(68)41-23-35-22-33(34-12-19-71-51(5,6)25-34)8-9-38(35)65(41)53(24-31(53)3)48-57-49(69)72-59-48/h8-11,17-18,20-23,26,28,31-32,34H,12-16,19,24-25,27H2,1-7H3,(H,57,59,69)/t31-,32-,34-,53-/m0/s1. The highest BCUT2D eigenvalue weighted by Gasteiger charge is 2.60. The number of aromatic nitrogens is 9. The van der Waals surface area contributed by atoms with Crippen molar-refractivity contribution in [2.45, 2.75) is 102 Å². The van der Waals surface area contributed by atoms with Gasteiger partial charge in [0.1, 0.15) is 22.9 Å². The molecule has 12 rings (SSSR count). The first-order chi connectivity index (χ1) is 34.4. The zero-order valence-electron chi connectivity index (χ0n) is 41.2. The minimum absolute atomic E-state index is 0.0171. The zero-order valence-corrected chi connectivity index (χ0v) is 41.2. The fourth-order valence-corrected chi connectivity index (χ4v) is 12.4. The quantitative estimate of drug-likeness (QED) is 0.152. The fraction of sp³-hybridized carbons (Fsp3) is 0.415. The maximum atomic E-state index is 16.4. The minimum Gasteiger partial charge on any atom is -0.376 e. The lowest BCUT2D eigenvalue weighted by molar-refractivity contribution is -0.119. The number of piperidine rings is 1. The van der Waals surface area contributed by atoms with E-state index < -0.39 is 34.3 Å². The molecule has 2 saturated heterocycles. The van der Waals surface area contributed by atoms with Crippen molar-refractivity contribution < 1.29 is 27.6 Å². The van der Waals surface area contributed by atoms with Gasteiger partial charge in [-0.3, -0.25) is 32.9 Å². The number of imidazole rings is 1.